The first kappa shape index (κ1) is 24.2. The van der Waals surface area contributed by atoms with Crippen molar-refractivity contribution in [2.75, 3.05) is 19.6 Å². The van der Waals surface area contributed by atoms with E-state index in [9.17, 15) is 4.79 Å². The van der Waals surface area contributed by atoms with Gasteiger partial charge in [0.25, 0.3) is 0 Å². The molecule has 0 aromatic rings. The van der Waals surface area contributed by atoms with Crippen molar-refractivity contribution in [3.8, 4) is 0 Å². The lowest BCUT2D eigenvalue weighted by Gasteiger charge is -2.37. The Kier molecular flexibility index (Phi) is 13.2. The fourth-order valence-electron chi connectivity index (χ4n) is 4.91. The molecule has 2 aliphatic heterocycles. The van der Waals surface area contributed by atoms with Crippen molar-refractivity contribution in [2.24, 2.45) is 0 Å². The predicted molar refractivity (Wildman–Crippen MR) is 122 cm³/mol. The average Bonchev–Trinajstić information content (AvgIpc) is 3.19. The molecule has 0 radical (unpaired) electrons. The van der Waals surface area contributed by atoms with Crippen LogP contribution in [0.15, 0.2) is 12.3 Å². The van der Waals surface area contributed by atoms with Crippen molar-refractivity contribution in [3.05, 3.63) is 12.3 Å². The molecule has 2 heterocycles. The van der Waals surface area contributed by atoms with E-state index in [0.29, 0.717) is 12.6 Å². The number of nitrogens with zero attached hydrogens (tertiary/aromatic N) is 2. The lowest BCUT2D eigenvalue weighted by atomic mass is 10.0. The van der Waals surface area contributed by atoms with Gasteiger partial charge in [0.15, 0.2) is 0 Å². The van der Waals surface area contributed by atoms with Crippen LogP contribution in [0.2, 0.25) is 0 Å². The lowest BCUT2D eigenvalue weighted by Crippen LogP contribution is -2.45. The van der Waals surface area contributed by atoms with Gasteiger partial charge in [0.05, 0.1) is 6.17 Å². The molecular formula is C25H46N2O2. The van der Waals surface area contributed by atoms with Crippen LogP contribution in [0.3, 0.4) is 0 Å². The molecular weight excluding hydrogens is 360 g/mol. The number of carboxylic acids is 1. The zero-order chi connectivity index (χ0) is 20.6. The molecule has 168 valence electrons. The molecule has 1 atom stereocenters. The Hall–Kier alpha value is -1.03. The minimum atomic E-state index is -0.652. The van der Waals surface area contributed by atoms with Gasteiger partial charge < -0.3 is 10.0 Å². The monoisotopic (exact) mass is 406 g/mol. The van der Waals surface area contributed by atoms with Crippen LogP contribution >= 0.6 is 0 Å². The molecule has 1 unspecified atom stereocenters. The number of rotatable bonds is 18. The Morgan fingerprint density at radius 1 is 0.793 bits per heavy atom. The molecule has 0 amide bonds. The third kappa shape index (κ3) is 11.1. The van der Waals surface area contributed by atoms with Crippen molar-refractivity contribution < 1.29 is 9.90 Å². The summed E-state index contributed by atoms with van der Waals surface area (Å²) < 4.78 is 0. The van der Waals surface area contributed by atoms with Crippen molar-refractivity contribution in [3.63, 3.8) is 0 Å². The van der Waals surface area contributed by atoms with Gasteiger partial charge in [-0.15, -0.1) is 0 Å². The van der Waals surface area contributed by atoms with Gasteiger partial charge in [-0.2, -0.15) is 0 Å². The second-order valence-corrected chi connectivity index (χ2v) is 9.19. The summed E-state index contributed by atoms with van der Waals surface area (Å²) in [7, 11) is 0. The predicted octanol–water partition coefficient (Wildman–Crippen LogP) is 6.56. The van der Waals surface area contributed by atoms with E-state index in [1.165, 1.54) is 109 Å². The van der Waals surface area contributed by atoms with Crippen LogP contribution in [0.5, 0.6) is 0 Å². The Morgan fingerprint density at radius 3 is 1.86 bits per heavy atom. The maximum atomic E-state index is 10.4. The van der Waals surface area contributed by atoms with E-state index in [1.807, 2.05) is 0 Å². The summed E-state index contributed by atoms with van der Waals surface area (Å²) in [6.45, 7) is 3.70. The number of carboxylic acid groups (broad SMARTS) is 1. The molecule has 1 saturated heterocycles. The van der Waals surface area contributed by atoms with Gasteiger partial charge in [0.2, 0.25) is 0 Å². The standard InChI is InChI=1S/C25H46N2O2/c28-25(29)19-14-12-10-8-6-4-2-1-3-5-7-9-11-13-15-20-26-22-17-23-27-21-16-18-24(26)27/h17,23-24H,1-16,18-22H2,(H,28,29). The van der Waals surface area contributed by atoms with Crippen molar-refractivity contribution in [1.82, 2.24) is 9.80 Å². The molecule has 1 fully saturated rings. The highest BCUT2D eigenvalue weighted by Crippen LogP contribution is 2.24. The highest BCUT2D eigenvalue weighted by Gasteiger charge is 2.28. The lowest BCUT2D eigenvalue weighted by molar-refractivity contribution is -0.137. The Bertz CT molecular complexity index is 452. The van der Waals surface area contributed by atoms with Gasteiger partial charge >= 0.3 is 5.97 Å². The highest BCUT2D eigenvalue weighted by molar-refractivity contribution is 5.66. The van der Waals surface area contributed by atoms with Crippen LogP contribution in [0, 0.1) is 0 Å². The molecule has 0 aliphatic carbocycles. The van der Waals surface area contributed by atoms with E-state index in [2.05, 4.69) is 22.1 Å². The van der Waals surface area contributed by atoms with E-state index in [0.717, 1.165) is 19.4 Å². The summed E-state index contributed by atoms with van der Waals surface area (Å²) in [5.41, 5.74) is 0. The molecule has 4 heteroatoms. The Morgan fingerprint density at radius 2 is 1.31 bits per heavy atom. The van der Waals surface area contributed by atoms with Crippen LogP contribution in [-0.4, -0.2) is 46.7 Å². The summed E-state index contributed by atoms with van der Waals surface area (Å²) in [5.74, 6) is -0.652. The van der Waals surface area contributed by atoms with Gasteiger partial charge in [-0.1, -0.05) is 89.5 Å². The molecule has 0 aromatic heterocycles. The Labute approximate surface area is 179 Å². The minimum Gasteiger partial charge on any atom is -0.481 e. The summed E-state index contributed by atoms with van der Waals surface area (Å²) in [4.78, 5) is 15.7. The number of hydrogen-bond acceptors (Lipinski definition) is 3. The first-order valence-electron chi connectivity index (χ1n) is 12.7. The van der Waals surface area contributed by atoms with Crippen LogP contribution in [0.4, 0.5) is 0 Å². The van der Waals surface area contributed by atoms with E-state index in [1.54, 1.807) is 0 Å². The summed E-state index contributed by atoms with van der Waals surface area (Å²) >= 11 is 0. The van der Waals surface area contributed by atoms with Gasteiger partial charge in [-0.25, -0.2) is 0 Å². The fourth-order valence-corrected chi connectivity index (χ4v) is 4.91. The van der Waals surface area contributed by atoms with Gasteiger partial charge in [0.1, 0.15) is 0 Å². The van der Waals surface area contributed by atoms with E-state index in [4.69, 9.17) is 5.11 Å². The number of hydrogen-bond donors (Lipinski definition) is 1. The van der Waals surface area contributed by atoms with Gasteiger partial charge in [0, 0.05) is 26.1 Å². The van der Waals surface area contributed by atoms with Crippen LogP contribution in [0.25, 0.3) is 0 Å². The normalized spacial score (nSPS) is 19.0. The minimum absolute atomic E-state index is 0.343. The van der Waals surface area contributed by atoms with Crippen molar-refractivity contribution in [2.45, 2.75) is 122 Å². The molecule has 29 heavy (non-hydrogen) atoms. The van der Waals surface area contributed by atoms with E-state index in [-0.39, 0.29) is 0 Å². The molecule has 0 aromatic carbocycles. The second-order valence-electron chi connectivity index (χ2n) is 9.19. The van der Waals surface area contributed by atoms with Crippen LogP contribution in [0.1, 0.15) is 116 Å². The number of aliphatic carboxylic acids is 1. The fraction of sp³-hybridized carbons (Fsp3) is 0.880. The quantitative estimate of drug-likeness (QED) is 0.262. The molecule has 0 saturated carbocycles. The van der Waals surface area contributed by atoms with Gasteiger partial charge in [-0.3, -0.25) is 9.69 Å². The largest absolute Gasteiger partial charge is 0.481 e. The third-order valence-corrected chi connectivity index (χ3v) is 6.66. The van der Waals surface area contributed by atoms with Crippen molar-refractivity contribution in [1.29, 1.82) is 0 Å². The summed E-state index contributed by atoms with van der Waals surface area (Å²) in [5, 5.41) is 8.60. The SMILES string of the molecule is O=C(O)CCCCCCCCCCCCCCCCCN1CC=CN2CCCC21. The molecule has 2 aliphatic rings. The van der Waals surface area contributed by atoms with Gasteiger partial charge in [-0.05, 0) is 31.9 Å². The average molecular weight is 407 g/mol. The first-order chi connectivity index (χ1) is 14.3. The molecule has 1 N–H and O–H groups in total. The number of fused-ring (bicyclic) bond motifs is 1. The summed E-state index contributed by atoms with van der Waals surface area (Å²) in [6, 6.07) is 0. The van der Waals surface area contributed by atoms with E-state index >= 15 is 0 Å². The van der Waals surface area contributed by atoms with Crippen molar-refractivity contribution >= 4 is 5.97 Å². The maximum Gasteiger partial charge on any atom is 0.303 e. The zero-order valence-electron chi connectivity index (χ0n) is 18.8. The Balaban J connectivity index is 1.26. The first-order valence-corrected chi connectivity index (χ1v) is 12.7. The third-order valence-electron chi connectivity index (χ3n) is 6.66. The molecule has 0 spiro atoms. The topological polar surface area (TPSA) is 43.8 Å². The highest BCUT2D eigenvalue weighted by atomic mass is 16.4. The second kappa shape index (κ2) is 15.8. The summed E-state index contributed by atoms with van der Waals surface area (Å²) in [6.07, 6.45) is 28.2. The molecule has 2 rings (SSSR count). The van der Waals surface area contributed by atoms with Crippen LogP contribution in [-0.2, 0) is 4.79 Å². The number of unbranched alkanes of at least 4 members (excludes halogenated alkanes) is 14. The number of carbonyl (C=O) groups is 1. The van der Waals surface area contributed by atoms with Crippen LogP contribution < -0.4 is 0 Å². The maximum absolute atomic E-state index is 10.4. The molecule has 4 nitrogen and oxygen atoms in total. The molecule has 0 bridgehead atoms. The zero-order valence-corrected chi connectivity index (χ0v) is 18.8. The smallest absolute Gasteiger partial charge is 0.303 e. The van der Waals surface area contributed by atoms with E-state index < -0.39 is 5.97 Å².